The van der Waals surface area contributed by atoms with Gasteiger partial charge in [0.05, 0.1) is 5.69 Å². The molecule has 0 bridgehead atoms. The maximum absolute atomic E-state index is 5.10. The number of nitrogens with zero attached hydrogens (tertiary/aromatic N) is 1. The first-order valence-corrected chi connectivity index (χ1v) is 16.6. The molecule has 0 aliphatic heterocycles. The van der Waals surface area contributed by atoms with Crippen LogP contribution in [0.3, 0.4) is 0 Å². The molecule has 0 fully saturated rings. The molecule has 0 amide bonds. The Balaban J connectivity index is 1.31. The molecule has 1 heteroatoms. The van der Waals surface area contributed by atoms with Gasteiger partial charge >= 0.3 is 0 Å². The van der Waals surface area contributed by atoms with Crippen molar-refractivity contribution >= 4 is 32.3 Å². The van der Waals surface area contributed by atoms with Gasteiger partial charge < -0.3 is 0 Å². The number of fused-ring (bicyclic) bond motifs is 5. The van der Waals surface area contributed by atoms with Crippen molar-refractivity contribution in [1.82, 2.24) is 4.98 Å². The lowest BCUT2D eigenvalue weighted by Gasteiger charge is -2.20. The van der Waals surface area contributed by atoms with Gasteiger partial charge in [0.1, 0.15) is 0 Å². The summed E-state index contributed by atoms with van der Waals surface area (Å²) in [7, 11) is 0. The quantitative estimate of drug-likeness (QED) is 0.194. The summed E-state index contributed by atoms with van der Waals surface area (Å²) < 4.78 is 0. The van der Waals surface area contributed by atoms with Crippen molar-refractivity contribution in [3.8, 4) is 66.9 Å². The third-order valence-corrected chi connectivity index (χ3v) is 10.1. The van der Waals surface area contributed by atoms with Crippen LogP contribution in [0.25, 0.3) is 99.2 Å². The molecule has 222 valence electrons. The molecular formula is C47H29N. The monoisotopic (exact) mass is 607 g/mol. The van der Waals surface area contributed by atoms with E-state index in [9.17, 15) is 0 Å². The zero-order chi connectivity index (χ0) is 31.6. The molecule has 1 nitrogen and oxygen atoms in total. The van der Waals surface area contributed by atoms with Crippen molar-refractivity contribution in [2.45, 2.75) is 0 Å². The highest BCUT2D eigenvalue weighted by atomic mass is 14.7. The van der Waals surface area contributed by atoms with Crippen LogP contribution in [0.4, 0.5) is 0 Å². The molecule has 8 aromatic carbocycles. The lowest BCUT2D eigenvalue weighted by atomic mass is 9.82. The molecule has 0 spiro atoms. The summed E-state index contributed by atoms with van der Waals surface area (Å²) in [5, 5.41) is 7.49. The van der Waals surface area contributed by atoms with Crippen LogP contribution in [-0.4, -0.2) is 4.98 Å². The first-order valence-electron chi connectivity index (χ1n) is 16.6. The Morgan fingerprint density at radius 1 is 0.271 bits per heavy atom. The van der Waals surface area contributed by atoms with Crippen LogP contribution in [0.15, 0.2) is 176 Å². The second-order valence-corrected chi connectivity index (χ2v) is 12.6. The fraction of sp³-hybridized carbons (Fsp3) is 0. The third kappa shape index (κ3) is 3.88. The van der Waals surface area contributed by atoms with Crippen molar-refractivity contribution in [3.63, 3.8) is 0 Å². The fourth-order valence-electron chi connectivity index (χ4n) is 8.08. The molecule has 0 unspecified atom stereocenters. The number of hydrogen-bond donors (Lipinski definition) is 0. The van der Waals surface area contributed by atoms with Gasteiger partial charge in [-0.3, -0.25) is 4.98 Å². The molecule has 9 aromatic rings. The van der Waals surface area contributed by atoms with Gasteiger partial charge in [0.2, 0.25) is 0 Å². The largest absolute Gasteiger partial charge is 0.255 e. The summed E-state index contributed by atoms with van der Waals surface area (Å²) in [6, 6.07) is 61.5. The predicted octanol–water partition coefficient (Wildman–Crippen LogP) is 12.9. The van der Waals surface area contributed by atoms with Gasteiger partial charge in [-0.2, -0.15) is 0 Å². The fourth-order valence-corrected chi connectivity index (χ4v) is 8.08. The van der Waals surface area contributed by atoms with E-state index in [1.165, 1.54) is 77.0 Å². The molecule has 0 radical (unpaired) electrons. The van der Waals surface area contributed by atoms with E-state index in [1.807, 2.05) is 0 Å². The first kappa shape index (κ1) is 26.9. The van der Waals surface area contributed by atoms with Gasteiger partial charge in [0.15, 0.2) is 0 Å². The van der Waals surface area contributed by atoms with E-state index in [2.05, 4.69) is 176 Å². The summed E-state index contributed by atoms with van der Waals surface area (Å²) in [5.41, 5.74) is 14.8. The Labute approximate surface area is 279 Å². The SMILES string of the molecule is c1ccc(-c2ncc(-c3ccc4c5c(cccc35)-c3c-4c(-c4ccccc4)c4ccccc4c3-c3ccccc3)c3ccccc23)cc1. The van der Waals surface area contributed by atoms with E-state index >= 15 is 0 Å². The van der Waals surface area contributed by atoms with Crippen molar-refractivity contribution < 1.29 is 0 Å². The minimum absolute atomic E-state index is 1.01. The van der Waals surface area contributed by atoms with Gasteiger partial charge in [0, 0.05) is 22.7 Å². The first-order chi connectivity index (χ1) is 23.9. The van der Waals surface area contributed by atoms with Crippen LogP contribution in [-0.2, 0) is 0 Å². The molecule has 0 N–H and O–H groups in total. The van der Waals surface area contributed by atoms with Crippen molar-refractivity contribution in [2.24, 2.45) is 0 Å². The summed E-state index contributed by atoms with van der Waals surface area (Å²) in [6.07, 6.45) is 2.08. The van der Waals surface area contributed by atoms with Crippen LogP contribution < -0.4 is 0 Å². The molecule has 10 rings (SSSR count). The van der Waals surface area contributed by atoms with Gasteiger partial charge in [-0.25, -0.2) is 0 Å². The zero-order valence-electron chi connectivity index (χ0n) is 26.2. The highest BCUT2D eigenvalue weighted by Gasteiger charge is 2.31. The highest BCUT2D eigenvalue weighted by molar-refractivity contribution is 6.29. The molecule has 0 saturated carbocycles. The molecule has 1 aromatic heterocycles. The Hall–Kier alpha value is -6.31. The van der Waals surface area contributed by atoms with Crippen LogP contribution >= 0.6 is 0 Å². The number of pyridine rings is 1. The number of hydrogen-bond acceptors (Lipinski definition) is 1. The van der Waals surface area contributed by atoms with Crippen molar-refractivity contribution in [3.05, 3.63) is 176 Å². The van der Waals surface area contributed by atoms with E-state index in [0.29, 0.717) is 0 Å². The lowest BCUT2D eigenvalue weighted by Crippen LogP contribution is -1.93. The average Bonchev–Trinajstić information content (AvgIpc) is 3.49. The maximum Gasteiger partial charge on any atom is 0.0780 e. The Morgan fingerprint density at radius 2 is 0.729 bits per heavy atom. The van der Waals surface area contributed by atoms with E-state index < -0.39 is 0 Å². The maximum atomic E-state index is 5.10. The van der Waals surface area contributed by atoms with Crippen LogP contribution in [0, 0.1) is 0 Å². The summed E-state index contributed by atoms with van der Waals surface area (Å²) >= 11 is 0. The van der Waals surface area contributed by atoms with Gasteiger partial charge in [-0.1, -0.05) is 170 Å². The van der Waals surface area contributed by atoms with Crippen molar-refractivity contribution in [1.29, 1.82) is 0 Å². The van der Waals surface area contributed by atoms with E-state index in [-0.39, 0.29) is 0 Å². The molecule has 48 heavy (non-hydrogen) atoms. The van der Waals surface area contributed by atoms with Crippen LogP contribution in [0.5, 0.6) is 0 Å². The van der Waals surface area contributed by atoms with Gasteiger partial charge in [0.25, 0.3) is 0 Å². The predicted molar refractivity (Wildman–Crippen MR) is 203 cm³/mol. The number of benzene rings is 8. The Kier molecular flexibility index (Phi) is 5.94. The smallest absolute Gasteiger partial charge is 0.0780 e. The Morgan fingerprint density at radius 3 is 1.33 bits per heavy atom. The van der Waals surface area contributed by atoms with Crippen molar-refractivity contribution in [2.75, 3.05) is 0 Å². The molecule has 0 atom stereocenters. The minimum Gasteiger partial charge on any atom is -0.255 e. The average molecular weight is 608 g/mol. The van der Waals surface area contributed by atoms with Gasteiger partial charge in [-0.05, 0) is 77.0 Å². The second-order valence-electron chi connectivity index (χ2n) is 12.6. The minimum atomic E-state index is 1.01. The number of aromatic nitrogens is 1. The van der Waals surface area contributed by atoms with Gasteiger partial charge in [-0.15, -0.1) is 0 Å². The molecule has 1 aliphatic rings. The number of rotatable bonds is 4. The summed E-state index contributed by atoms with van der Waals surface area (Å²) in [4.78, 5) is 5.10. The second kappa shape index (κ2) is 10.6. The standard InChI is InChI=1S/C47H29N/c1-4-15-30(16-5-1)42-36-22-11-12-23-37(36)43(31-17-6-2-7-18-31)46-40-28-27-34(35-25-14-26-39(44(35)40)45(42)46)41-29-48-47(32-19-8-3-9-20-32)38-24-13-10-21-33(38)41/h1-29H. The summed E-state index contributed by atoms with van der Waals surface area (Å²) in [5.74, 6) is 0. The third-order valence-electron chi connectivity index (χ3n) is 10.1. The van der Waals surface area contributed by atoms with E-state index in [4.69, 9.17) is 4.98 Å². The topological polar surface area (TPSA) is 12.9 Å². The summed E-state index contributed by atoms with van der Waals surface area (Å²) in [6.45, 7) is 0. The molecular weight excluding hydrogens is 579 g/mol. The van der Waals surface area contributed by atoms with Crippen LogP contribution in [0.1, 0.15) is 0 Å². The molecule has 0 saturated heterocycles. The van der Waals surface area contributed by atoms with E-state index in [0.717, 1.165) is 22.2 Å². The van der Waals surface area contributed by atoms with Crippen LogP contribution in [0.2, 0.25) is 0 Å². The Bertz CT molecular complexity index is 2600. The van der Waals surface area contributed by atoms with E-state index in [1.54, 1.807) is 0 Å². The molecule has 1 aliphatic carbocycles. The molecule has 1 heterocycles. The zero-order valence-corrected chi connectivity index (χ0v) is 26.2. The lowest BCUT2D eigenvalue weighted by molar-refractivity contribution is 1.36. The normalized spacial score (nSPS) is 11.8. The highest BCUT2D eigenvalue weighted by Crippen LogP contribution is 2.58.